The van der Waals surface area contributed by atoms with E-state index in [1.165, 1.54) is 0 Å². The SMILES string of the molecule is COc1cc(C(=O)NCC(C)CC(C)C)ccc1OCc1ccccc1. The van der Waals surface area contributed by atoms with Gasteiger partial charge in [-0.1, -0.05) is 51.1 Å². The minimum absolute atomic E-state index is 0.0893. The van der Waals surface area contributed by atoms with E-state index in [1.807, 2.05) is 30.3 Å². The maximum atomic E-state index is 12.4. The molecule has 1 amide bonds. The maximum absolute atomic E-state index is 12.4. The van der Waals surface area contributed by atoms with E-state index < -0.39 is 0 Å². The van der Waals surface area contributed by atoms with Gasteiger partial charge < -0.3 is 14.8 Å². The minimum Gasteiger partial charge on any atom is -0.493 e. The van der Waals surface area contributed by atoms with Crippen molar-refractivity contribution in [3.05, 3.63) is 59.7 Å². The molecule has 0 fully saturated rings. The number of nitrogens with one attached hydrogen (secondary N) is 1. The van der Waals surface area contributed by atoms with E-state index >= 15 is 0 Å². The Balaban J connectivity index is 1.97. The molecule has 0 saturated heterocycles. The van der Waals surface area contributed by atoms with Crippen molar-refractivity contribution in [2.75, 3.05) is 13.7 Å². The molecule has 0 heterocycles. The Kier molecular flexibility index (Phi) is 7.52. The molecule has 0 radical (unpaired) electrons. The number of rotatable bonds is 9. The third-order valence-electron chi connectivity index (χ3n) is 4.15. The Morgan fingerprint density at radius 1 is 1.04 bits per heavy atom. The summed E-state index contributed by atoms with van der Waals surface area (Å²) < 4.78 is 11.2. The van der Waals surface area contributed by atoms with Gasteiger partial charge in [0.1, 0.15) is 6.61 Å². The van der Waals surface area contributed by atoms with E-state index in [1.54, 1.807) is 25.3 Å². The van der Waals surface area contributed by atoms with E-state index in [0.717, 1.165) is 12.0 Å². The molecule has 0 bridgehead atoms. The number of carbonyl (C=O) groups is 1. The molecule has 0 aliphatic carbocycles. The van der Waals surface area contributed by atoms with Crippen LogP contribution in [0, 0.1) is 11.8 Å². The quantitative estimate of drug-likeness (QED) is 0.710. The van der Waals surface area contributed by atoms with Crippen molar-refractivity contribution in [2.45, 2.75) is 33.8 Å². The first-order valence-electron chi connectivity index (χ1n) is 9.12. The fourth-order valence-electron chi connectivity index (χ4n) is 2.92. The monoisotopic (exact) mass is 355 g/mol. The van der Waals surface area contributed by atoms with Gasteiger partial charge in [0.05, 0.1) is 7.11 Å². The van der Waals surface area contributed by atoms with Crippen LogP contribution in [0.2, 0.25) is 0 Å². The number of carbonyl (C=O) groups excluding carboxylic acids is 1. The zero-order chi connectivity index (χ0) is 18.9. The van der Waals surface area contributed by atoms with Crippen LogP contribution < -0.4 is 14.8 Å². The first kappa shape index (κ1) is 19.8. The molecule has 0 saturated carbocycles. The average Bonchev–Trinajstić information content (AvgIpc) is 2.64. The van der Waals surface area contributed by atoms with Crippen LogP contribution in [0.3, 0.4) is 0 Å². The predicted molar refractivity (Wildman–Crippen MR) is 105 cm³/mol. The third kappa shape index (κ3) is 6.10. The second-order valence-electron chi connectivity index (χ2n) is 7.08. The van der Waals surface area contributed by atoms with Crippen molar-refractivity contribution in [3.63, 3.8) is 0 Å². The normalized spacial score (nSPS) is 11.9. The molecule has 4 nitrogen and oxygen atoms in total. The van der Waals surface area contributed by atoms with Crippen LogP contribution >= 0.6 is 0 Å². The molecule has 26 heavy (non-hydrogen) atoms. The lowest BCUT2D eigenvalue weighted by molar-refractivity contribution is 0.0946. The molecule has 0 aliphatic rings. The summed E-state index contributed by atoms with van der Waals surface area (Å²) in [7, 11) is 1.58. The van der Waals surface area contributed by atoms with Crippen molar-refractivity contribution in [3.8, 4) is 11.5 Å². The first-order chi connectivity index (χ1) is 12.5. The Bertz CT molecular complexity index is 698. The highest BCUT2D eigenvalue weighted by molar-refractivity contribution is 5.94. The van der Waals surface area contributed by atoms with Crippen LogP contribution in [0.4, 0.5) is 0 Å². The zero-order valence-electron chi connectivity index (χ0n) is 16.1. The van der Waals surface area contributed by atoms with Crippen LogP contribution in [-0.2, 0) is 6.61 Å². The molecule has 1 unspecified atom stereocenters. The van der Waals surface area contributed by atoms with Crippen LogP contribution in [-0.4, -0.2) is 19.6 Å². The van der Waals surface area contributed by atoms with E-state index in [4.69, 9.17) is 9.47 Å². The Morgan fingerprint density at radius 2 is 1.77 bits per heavy atom. The Morgan fingerprint density at radius 3 is 2.42 bits per heavy atom. The van der Waals surface area contributed by atoms with Gasteiger partial charge in [0.2, 0.25) is 0 Å². The molecule has 0 spiro atoms. The van der Waals surface area contributed by atoms with Crippen LogP contribution in [0.15, 0.2) is 48.5 Å². The molecule has 1 N–H and O–H groups in total. The molecular weight excluding hydrogens is 326 g/mol. The largest absolute Gasteiger partial charge is 0.493 e. The zero-order valence-corrected chi connectivity index (χ0v) is 16.1. The molecule has 1 atom stereocenters. The molecule has 140 valence electrons. The summed E-state index contributed by atoms with van der Waals surface area (Å²) in [5, 5.41) is 3.00. The van der Waals surface area contributed by atoms with E-state index in [-0.39, 0.29) is 5.91 Å². The van der Waals surface area contributed by atoms with Crippen molar-refractivity contribution in [1.29, 1.82) is 0 Å². The molecule has 2 aromatic carbocycles. The number of benzene rings is 2. The standard InChI is InChI=1S/C22H29NO3/c1-16(2)12-17(3)14-23-22(24)19-10-11-20(21(13-19)25-4)26-15-18-8-6-5-7-9-18/h5-11,13,16-17H,12,14-15H2,1-4H3,(H,23,24). The lowest BCUT2D eigenvalue weighted by Gasteiger charge is -2.15. The van der Waals surface area contributed by atoms with Crippen LogP contribution in [0.1, 0.15) is 43.1 Å². The lowest BCUT2D eigenvalue weighted by Crippen LogP contribution is -2.28. The van der Waals surface area contributed by atoms with Crippen molar-refractivity contribution < 1.29 is 14.3 Å². The molecule has 0 aliphatic heterocycles. The van der Waals surface area contributed by atoms with Crippen molar-refractivity contribution >= 4 is 5.91 Å². The highest BCUT2D eigenvalue weighted by atomic mass is 16.5. The van der Waals surface area contributed by atoms with Gasteiger partial charge in [-0.05, 0) is 42.0 Å². The van der Waals surface area contributed by atoms with Gasteiger partial charge in [-0.25, -0.2) is 0 Å². The average molecular weight is 355 g/mol. The third-order valence-corrected chi connectivity index (χ3v) is 4.15. The molecular formula is C22H29NO3. The molecule has 2 rings (SSSR count). The summed E-state index contributed by atoms with van der Waals surface area (Å²) >= 11 is 0. The number of hydrogen-bond acceptors (Lipinski definition) is 3. The number of ether oxygens (including phenoxy) is 2. The summed E-state index contributed by atoms with van der Waals surface area (Å²) in [5.41, 5.74) is 1.65. The van der Waals surface area contributed by atoms with Crippen molar-refractivity contribution in [1.82, 2.24) is 5.32 Å². The van der Waals surface area contributed by atoms with Crippen molar-refractivity contribution in [2.24, 2.45) is 11.8 Å². The summed E-state index contributed by atoms with van der Waals surface area (Å²) in [5.74, 6) is 2.18. The van der Waals surface area contributed by atoms with Gasteiger partial charge in [0.25, 0.3) is 5.91 Å². The van der Waals surface area contributed by atoms with E-state index in [2.05, 4.69) is 26.1 Å². The van der Waals surface area contributed by atoms with Gasteiger partial charge in [0.15, 0.2) is 11.5 Å². The maximum Gasteiger partial charge on any atom is 0.251 e. The fourth-order valence-corrected chi connectivity index (χ4v) is 2.92. The summed E-state index contributed by atoms with van der Waals surface area (Å²) in [4.78, 5) is 12.4. The number of methoxy groups -OCH3 is 1. The van der Waals surface area contributed by atoms with Gasteiger partial charge >= 0.3 is 0 Å². The van der Waals surface area contributed by atoms with Gasteiger partial charge in [-0.15, -0.1) is 0 Å². The number of hydrogen-bond donors (Lipinski definition) is 1. The van der Waals surface area contributed by atoms with Gasteiger partial charge in [0, 0.05) is 12.1 Å². The highest BCUT2D eigenvalue weighted by Gasteiger charge is 2.13. The Hall–Kier alpha value is -2.49. The summed E-state index contributed by atoms with van der Waals surface area (Å²) in [6, 6.07) is 15.2. The van der Waals surface area contributed by atoms with E-state index in [9.17, 15) is 4.79 Å². The second kappa shape index (κ2) is 9.85. The first-order valence-corrected chi connectivity index (χ1v) is 9.12. The topological polar surface area (TPSA) is 47.6 Å². The Labute approximate surface area is 156 Å². The number of amides is 1. The highest BCUT2D eigenvalue weighted by Crippen LogP contribution is 2.29. The molecule has 2 aromatic rings. The summed E-state index contributed by atoms with van der Waals surface area (Å²) in [6.45, 7) is 7.66. The minimum atomic E-state index is -0.0893. The lowest BCUT2D eigenvalue weighted by atomic mass is 9.99. The van der Waals surface area contributed by atoms with Crippen LogP contribution in [0.25, 0.3) is 0 Å². The molecule has 4 heteroatoms. The van der Waals surface area contributed by atoms with Crippen LogP contribution in [0.5, 0.6) is 11.5 Å². The predicted octanol–water partition coefficient (Wildman–Crippen LogP) is 4.69. The van der Waals surface area contributed by atoms with Gasteiger partial charge in [-0.3, -0.25) is 4.79 Å². The second-order valence-corrected chi connectivity index (χ2v) is 7.08. The van der Waals surface area contributed by atoms with E-state index in [0.29, 0.717) is 42.0 Å². The fraction of sp³-hybridized carbons (Fsp3) is 0.409. The molecule has 0 aromatic heterocycles. The smallest absolute Gasteiger partial charge is 0.251 e. The summed E-state index contributed by atoms with van der Waals surface area (Å²) in [6.07, 6.45) is 1.09. The van der Waals surface area contributed by atoms with Gasteiger partial charge in [-0.2, -0.15) is 0 Å².